The van der Waals surface area contributed by atoms with E-state index in [4.69, 9.17) is 9.47 Å². The molecule has 0 aromatic heterocycles. The number of likely N-dealkylation sites (tertiary alicyclic amines) is 1. The van der Waals surface area contributed by atoms with E-state index >= 15 is 0 Å². The van der Waals surface area contributed by atoms with Gasteiger partial charge in [0.1, 0.15) is 0 Å². The van der Waals surface area contributed by atoms with Gasteiger partial charge in [0.2, 0.25) is 0 Å². The summed E-state index contributed by atoms with van der Waals surface area (Å²) in [5.74, 6) is 1.66. The minimum atomic E-state index is 0.145. The van der Waals surface area contributed by atoms with Gasteiger partial charge in [-0.15, -0.1) is 0 Å². The molecule has 130 valence electrons. The van der Waals surface area contributed by atoms with Gasteiger partial charge in [0, 0.05) is 13.2 Å². The molecule has 1 aliphatic heterocycles. The fraction of sp³-hybridized carbons (Fsp3) is 0.684. The van der Waals surface area contributed by atoms with Crippen LogP contribution in [-0.2, 0) is 6.54 Å². The molecule has 0 radical (unpaired) electrons. The summed E-state index contributed by atoms with van der Waals surface area (Å²) in [5.41, 5.74) is 1.40. The molecule has 4 nitrogen and oxygen atoms in total. The van der Waals surface area contributed by atoms with Crippen molar-refractivity contribution in [2.24, 2.45) is 5.41 Å². The standard InChI is InChI=1S/C19H31NO3/c1-4-19(15-21)9-11-20(12-10-19)14-16-7-8-17(22-5-2)18(13-16)23-6-3/h7-8,13,21H,4-6,9-12,14-15H2,1-3H3. The van der Waals surface area contributed by atoms with Gasteiger partial charge in [-0.2, -0.15) is 0 Å². The molecular formula is C19H31NO3. The van der Waals surface area contributed by atoms with E-state index in [0.717, 1.165) is 50.4 Å². The maximum atomic E-state index is 9.65. The maximum Gasteiger partial charge on any atom is 0.161 e. The first-order chi connectivity index (χ1) is 11.2. The van der Waals surface area contributed by atoms with Gasteiger partial charge in [0.05, 0.1) is 13.2 Å². The van der Waals surface area contributed by atoms with Crippen LogP contribution in [0.15, 0.2) is 18.2 Å². The highest BCUT2D eigenvalue weighted by Crippen LogP contribution is 2.35. The van der Waals surface area contributed by atoms with Crippen LogP contribution in [0.3, 0.4) is 0 Å². The van der Waals surface area contributed by atoms with Crippen molar-refractivity contribution in [1.82, 2.24) is 4.90 Å². The maximum absolute atomic E-state index is 9.65. The lowest BCUT2D eigenvalue weighted by atomic mass is 9.77. The van der Waals surface area contributed by atoms with Crippen LogP contribution in [0, 0.1) is 5.41 Å². The van der Waals surface area contributed by atoms with Crippen molar-refractivity contribution in [2.75, 3.05) is 32.9 Å². The summed E-state index contributed by atoms with van der Waals surface area (Å²) in [4.78, 5) is 2.47. The average molecular weight is 321 g/mol. The van der Waals surface area contributed by atoms with Crippen LogP contribution >= 0.6 is 0 Å². The third kappa shape index (κ3) is 4.61. The van der Waals surface area contributed by atoms with Crippen LogP contribution in [0.25, 0.3) is 0 Å². The molecule has 1 heterocycles. The van der Waals surface area contributed by atoms with E-state index < -0.39 is 0 Å². The van der Waals surface area contributed by atoms with Gasteiger partial charge in [-0.3, -0.25) is 4.90 Å². The van der Waals surface area contributed by atoms with Crippen LogP contribution in [0.1, 0.15) is 45.6 Å². The Labute approximate surface area is 140 Å². The summed E-state index contributed by atoms with van der Waals surface area (Å²) in [6.45, 7) is 10.8. The lowest BCUT2D eigenvalue weighted by Gasteiger charge is -2.40. The third-order valence-corrected chi connectivity index (χ3v) is 5.02. The Morgan fingerprint density at radius 1 is 1.04 bits per heavy atom. The van der Waals surface area contributed by atoms with E-state index in [0.29, 0.717) is 19.8 Å². The molecule has 0 unspecified atom stereocenters. The van der Waals surface area contributed by atoms with Gasteiger partial charge in [-0.05, 0) is 69.3 Å². The van der Waals surface area contributed by atoms with Crippen LogP contribution in [-0.4, -0.2) is 42.9 Å². The van der Waals surface area contributed by atoms with Crippen molar-refractivity contribution < 1.29 is 14.6 Å². The predicted octanol–water partition coefficient (Wildman–Crippen LogP) is 3.47. The highest BCUT2D eigenvalue weighted by molar-refractivity contribution is 5.43. The smallest absolute Gasteiger partial charge is 0.161 e. The van der Waals surface area contributed by atoms with Crippen molar-refractivity contribution >= 4 is 0 Å². The summed E-state index contributed by atoms with van der Waals surface area (Å²) in [6.07, 6.45) is 3.22. The number of piperidine rings is 1. The van der Waals surface area contributed by atoms with Crippen molar-refractivity contribution in [1.29, 1.82) is 0 Å². The number of ether oxygens (including phenoxy) is 2. The van der Waals surface area contributed by atoms with Gasteiger partial charge < -0.3 is 14.6 Å². The Morgan fingerprint density at radius 2 is 1.70 bits per heavy atom. The van der Waals surface area contributed by atoms with Crippen LogP contribution in [0.5, 0.6) is 11.5 Å². The second-order valence-corrected chi connectivity index (χ2v) is 6.43. The molecule has 1 saturated heterocycles. The zero-order valence-electron chi connectivity index (χ0n) is 14.8. The van der Waals surface area contributed by atoms with E-state index in [1.165, 1.54) is 5.56 Å². The van der Waals surface area contributed by atoms with Crippen molar-refractivity contribution in [3.63, 3.8) is 0 Å². The minimum Gasteiger partial charge on any atom is -0.490 e. The van der Waals surface area contributed by atoms with Gasteiger partial charge in [0.15, 0.2) is 11.5 Å². The quantitative estimate of drug-likeness (QED) is 0.796. The summed E-state index contributed by atoms with van der Waals surface area (Å²) in [6, 6.07) is 6.24. The Kier molecular flexibility index (Phi) is 6.72. The molecule has 4 heteroatoms. The van der Waals surface area contributed by atoms with Gasteiger partial charge in [0.25, 0.3) is 0 Å². The average Bonchev–Trinajstić information content (AvgIpc) is 2.59. The zero-order valence-corrected chi connectivity index (χ0v) is 14.8. The van der Waals surface area contributed by atoms with Gasteiger partial charge >= 0.3 is 0 Å². The number of nitrogens with zero attached hydrogens (tertiary/aromatic N) is 1. The Bertz CT molecular complexity index is 476. The Morgan fingerprint density at radius 3 is 2.26 bits per heavy atom. The molecule has 0 atom stereocenters. The predicted molar refractivity (Wildman–Crippen MR) is 93.1 cm³/mol. The zero-order chi connectivity index (χ0) is 16.7. The van der Waals surface area contributed by atoms with Crippen LogP contribution < -0.4 is 9.47 Å². The molecule has 23 heavy (non-hydrogen) atoms. The van der Waals surface area contributed by atoms with E-state index in [-0.39, 0.29) is 5.41 Å². The molecule has 1 fully saturated rings. The number of hydrogen-bond donors (Lipinski definition) is 1. The third-order valence-electron chi connectivity index (χ3n) is 5.02. The Balaban J connectivity index is 1.99. The molecule has 1 aromatic carbocycles. The number of benzene rings is 1. The molecule has 0 spiro atoms. The van der Waals surface area contributed by atoms with Crippen LogP contribution in [0.2, 0.25) is 0 Å². The molecule has 0 amide bonds. The topological polar surface area (TPSA) is 41.9 Å². The molecular weight excluding hydrogens is 290 g/mol. The monoisotopic (exact) mass is 321 g/mol. The molecule has 0 bridgehead atoms. The molecule has 2 rings (SSSR count). The van der Waals surface area contributed by atoms with Gasteiger partial charge in [-0.25, -0.2) is 0 Å². The summed E-state index contributed by atoms with van der Waals surface area (Å²) >= 11 is 0. The second-order valence-electron chi connectivity index (χ2n) is 6.43. The Hall–Kier alpha value is -1.26. The molecule has 1 aliphatic rings. The summed E-state index contributed by atoms with van der Waals surface area (Å²) in [5, 5.41) is 9.65. The molecule has 1 N–H and O–H groups in total. The number of hydrogen-bond acceptors (Lipinski definition) is 4. The van der Waals surface area contributed by atoms with E-state index in [2.05, 4.69) is 24.0 Å². The van der Waals surface area contributed by atoms with Crippen molar-refractivity contribution in [3.8, 4) is 11.5 Å². The second kappa shape index (κ2) is 8.55. The first kappa shape index (κ1) is 18.1. The number of rotatable bonds is 8. The van der Waals surface area contributed by atoms with Gasteiger partial charge in [-0.1, -0.05) is 13.0 Å². The molecule has 0 aliphatic carbocycles. The fourth-order valence-corrected chi connectivity index (χ4v) is 3.26. The largest absolute Gasteiger partial charge is 0.490 e. The SMILES string of the molecule is CCOc1ccc(CN2CCC(CC)(CO)CC2)cc1OCC. The first-order valence-electron chi connectivity index (χ1n) is 8.88. The lowest BCUT2D eigenvalue weighted by molar-refractivity contribution is 0.0382. The summed E-state index contributed by atoms with van der Waals surface area (Å²) in [7, 11) is 0. The normalized spacial score (nSPS) is 17.9. The number of aliphatic hydroxyl groups excluding tert-OH is 1. The first-order valence-corrected chi connectivity index (χ1v) is 8.88. The highest BCUT2D eigenvalue weighted by atomic mass is 16.5. The van der Waals surface area contributed by atoms with Crippen LogP contribution in [0.4, 0.5) is 0 Å². The summed E-state index contributed by atoms with van der Waals surface area (Å²) < 4.78 is 11.3. The molecule has 1 aromatic rings. The molecule has 0 saturated carbocycles. The van der Waals surface area contributed by atoms with Crippen molar-refractivity contribution in [3.05, 3.63) is 23.8 Å². The fourth-order valence-electron chi connectivity index (χ4n) is 3.26. The lowest BCUT2D eigenvalue weighted by Crippen LogP contribution is -2.41. The van der Waals surface area contributed by atoms with Crippen molar-refractivity contribution in [2.45, 2.75) is 46.6 Å². The number of aliphatic hydroxyl groups is 1. The van der Waals surface area contributed by atoms with E-state index in [1.807, 2.05) is 19.9 Å². The highest BCUT2D eigenvalue weighted by Gasteiger charge is 2.32. The van der Waals surface area contributed by atoms with E-state index in [9.17, 15) is 5.11 Å². The van der Waals surface area contributed by atoms with E-state index in [1.54, 1.807) is 0 Å². The minimum absolute atomic E-state index is 0.145.